The molecule has 0 aliphatic carbocycles. The first kappa shape index (κ1) is 13.2. The smallest absolute Gasteiger partial charge is 0.295 e. The van der Waals surface area contributed by atoms with Crippen LogP contribution in [0, 0.1) is 21.8 Å². The van der Waals surface area contributed by atoms with Gasteiger partial charge in [-0.2, -0.15) is 0 Å². The number of nitro benzene ring substituents is 1. The van der Waals surface area contributed by atoms with Crippen LogP contribution in [0.2, 0.25) is 0 Å². The summed E-state index contributed by atoms with van der Waals surface area (Å²) in [6, 6.07) is 2.42. The van der Waals surface area contributed by atoms with Gasteiger partial charge in [-0.15, -0.1) is 0 Å². The molecule has 0 aromatic heterocycles. The average molecular weight is 318 g/mol. The Morgan fingerprint density at radius 2 is 2.33 bits per heavy atom. The predicted molar refractivity (Wildman–Crippen MR) is 70.1 cm³/mol. The van der Waals surface area contributed by atoms with E-state index in [4.69, 9.17) is 5.73 Å². The molecular weight excluding hydrogens is 305 g/mol. The number of hydrogen-bond donors (Lipinski definition) is 1. The van der Waals surface area contributed by atoms with Crippen LogP contribution in [0.3, 0.4) is 0 Å². The fourth-order valence-electron chi connectivity index (χ4n) is 2.17. The van der Waals surface area contributed by atoms with Crippen LogP contribution in [0.5, 0.6) is 0 Å². The lowest BCUT2D eigenvalue weighted by molar-refractivity contribution is -0.384. The molecule has 1 atom stereocenters. The molecule has 1 saturated heterocycles. The zero-order valence-corrected chi connectivity index (χ0v) is 11.2. The number of halogens is 2. The van der Waals surface area contributed by atoms with Gasteiger partial charge in [-0.1, -0.05) is 0 Å². The maximum atomic E-state index is 13.4. The van der Waals surface area contributed by atoms with Gasteiger partial charge in [0.1, 0.15) is 11.5 Å². The van der Waals surface area contributed by atoms with Crippen LogP contribution in [0.4, 0.5) is 15.8 Å². The first-order valence-corrected chi connectivity index (χ1v) is 6.40. The summed E-state index contributed by atoms with van der Waals surface area (Å²) < 4.78 is 13.6. The Bertz CT molecular complexity index is 484. The lowest BCUT2D eigenvalue weighted by atomic mass is 10.1. The molecule has 0 amide bonds. The third-order valence-corrected chi connectivity index (χ3v) is 3.78. The minimum absolute atomic E-state index is 0.201. The standard InChI is InChI=1S/C11H13BrFN3O2/c12-8-3-10(11(16(17)18)4-9(8)13)15-2-1-7(5-14)6-15/h3-4,7H,1-2,5-6,14H2. The van der Waals surface area contributed by atoms with Crippen LogP contribution in [0.25, 0.3) is 0 Å². The average Bonchev–Trinajstić information content (AvgIpc) is 2.80. The summed E-state index contributed by atoms with van der Waals surface area (Å²) in [7, 11) is 0. The molecule has 98 valence electrons. The van der Waals surface area contributed by atoms with Crippen molar-refractivity contribution in [3.63, 3.8) is 0 Å². The molecule has 7 heteroatoms. The molecule has 1 aromatic rings. The molecule has 0 saturated carbocycles. The van der Waals surface area contributed by atoms with E-state index in [1.165, 1.54) is 6.07 Å². The van der Waals surface area contributed by atoms with Gasteiger partial charge in [-0.25, -0.2) is 4.39 Å². The Morgan fingerprint density at radius 1 is 1.61 bits per heavy atom. The first-order valence-electron chi connectivity index (χ1n) is 5.61. The van der Waals surface area contributed by atoms with E-state index in [0.29, 0.717) is 31.2 Å². The summed E-state index contributed by atoms with van der Waals surface area (Å²) in [6.07, 6.45) is 0.905. The maximum Gasteiger partial charge on any atom is 0.295 e. The monoisotopic (exact) mass is 317 g/mol. The van der Waals surface area contributed by atoms with Gasteiger partial charge in [0.15, 0.2) is 0 Å². The molecule has 2 rings (SSSR count). The zero-order chi connectivity index (χ0) is 13.3. The topological polar surface area (TPSA) is 72.4 Å². The van der Waals surface area contributed by atoms with Crippen molar-refractivity contribution in [2.75, 3.05) is 24.5 Å². The SMILES string of the molecule is NCC1CCN(c2cc(Br)c(F)cc2[N+](=O)[O-])C1. The molecule has 1 heterocycles. The van der Waals surface area contributed by atoms with Gasteiger partial charge >= 0.3 is 0 Å². The van der Waals surface area contributed by atoms with Crippen LogP contribution in [0.1, 0.15) is 6.42 Å². The number of hydrogen-bond acceptors (Lipinski definition) is 4. The third kappa shape index (κ3) is 2.46. The second-order valence-corrected chi connectivity index (χ2v) is 5.20. The molecule has 5 nitrogen and oxygen atoms in total. The Morgan fingerprint density at radius 3 is 2.89 bits per heavy atom. The van der Waals surface area contributed by atoms with Gasteiger partial charge in [0, 0.05) is 13.1 Å². The van der Waals surface area contributed by atoms with E-state index in [1.807, 2.05) is 4.90 Å². The number of nitrogens with two attached hydrogens (primary N) is 1. The van der Waals surface area contributed by atoms with Crippen LogP contribution >= 0.6 is 15.9 Å². The van der Waals surface area contributed by atoms with Gasteiger partial charge in [0.05, 0.1) is 15.5 Å². The van der Waals surface area contributed by atoms with Crippen LogP contribution < -0.4 is 10.6 Å². The summed E-state index contributed by atoms with van der Waals surface area (Å²) in [5, 5.41) is 11.0. The highest BCUT2D eigenvalue weighted by molar-refractivity contribution is 9.10. The molecule has 0 bridgehead atoms. The maximum absolute atomic E-state index is 13.4. The number of anilines is 1. The van der Waals surface area contributed by atoms with Gasteiger partial charge in [-0.3, -0.25) is 10.1 Å². The quantitative estimate of drug-likeness (QED) is 0.685. The van der Waals surface area contributed by atoms with E-state index in [1.54, 1.807) is 0 Å². The second-order valence-electron chi connectivity index (χ2n) is 4.35. The fraction of sp³-hybridized carbons (Fsp3) is 0.455. The highest BCUT2D eigenvalue weighted by atomic mass is 79.9. The van der Waals surface area contributed by atoms with Crippen molar-refractivity contribution in [3.05, 3.63) is 32.5 Å². The molecule has 1 aliphatic heterocycles. The van der Waals surface area contributed by atoms with Crippen molar-refractivity contribution in [2.45, 2.75) is 6.42 Å². The highest BCUT2D eigenvalue weighted by Gasteiger charge is 2.28. The van der Waals surface area contributed by atoms with E-state index < -0.39 is 10.7 Å². The predicted octanol–water partition coefficient (Wildman–Crippen LogP) is 2.28. The van der Waals surface area contributed by atoms with E-state index in [0.717, 1.165) is 12.5 Å². The second kappa shape index (κ2) is 5.19. The lowest BCUT2D eigenvalue weighted by Gasteiger charge is -2.18. The van der Waals surface area contributed by atoms with Gasteiger partial charge in [0.2, 0.25) is 0 Å². The molecule has 0 spiro atoms. The number of nitro groups is 1. The molecule has 0 radical (unpaired) electrons. The van der Waals surface area contributed by atoms with Crippen molar-refractivity contribution >= 4 is 27.3 Å². The van der Waals surface area contributed by atoms with E-state index in [-0.39, 0.29) is 10.2 Å². The summed E-state index contributed by atoms with van der Waals surface area (Å²) >= 11 is 3.06. The third-order valence-electron chi connectivity index (χ3n) is 3.17. The molecule has 18 heavy (non-hydrogen) atoms. The van der Waals surface area contributed by atoms with Gasteiger partial charge in [-0.05, 0) is 40.9 Å². The highest BCUT2D eigenvalue weighted by Crippen LogP contribution is 2.35. The van der Waals surface area contributed by atoms with Crippen molar-refractivity contribution < 1.29 is 9.31 Å². The van der Waals surface area contributed by atoms with Crippen LogP contribution in [0.15, 0.2) is 16.6 Å². The van der Waals surface area contributed by atoms with Crippen molar-refractivity contribution in [1.82, 2.24) is 0 Å². The Balaban J connectivity index is 2.37. The van der Waals surface area contributed by atoms with Crippen molar-refractivity contribution in [1.29, 1.82) is 0 Å². The van der Waals surface area contributed by atoms with Crippen LogP contribution in [-0.4, -0.2) is 24.6 Å². The number of rotatable bonds is 3. The Kier molecular flexibility index (Phi) is 3.82. The summed E-state index contributed by atoms with van der Waals surface area (Å²) in [4.78, 5) is 12.3. The summed E-state index contributed by atoms with van der Waals surface area (Å²) in [6.45, 7) is 1.95. The van der Waals surface area contributed by atoms with E-state index >= 15 is 0 Å². The van der Waals surface area contributed by atoms with Gasteiger partial charge < -0.3 is 10.6 Å². The minimum atomic E-state index is -0.625. The normalized spacial score (nSPS) is 19.3. The molecule has 1 unspecified atom stereocenters. The van der Waals surface area contributed by atoms with E-state index in [9.17, 15) is 14.5 Å². The van der Waals surface area contributed by atoms with Crippen molar-refractivity contribution in [3.8, 4) is 0 Å². The van der Waals surface area contributed by atoms with E-state index in [2.05, 4.69) is 15.9 Å². The lowest BCUT2D eigenvalue weighted by Crippen LogP contribution is -2.23. The minimum Gasteiger partial charge on any atom is -0.366 e. The Labute approximate surface area is 112 Å². The molecule has 1 aliphatic rings. The molecule has 2 N–H and O–H groups in total. The van der Waals surface area contributed by atoms with Crippen molar-refractivity contribution in [2.24, 2.45) is 11.7 Å². The van der Waals surface area contributed by atoms with Gasteiger partial charge in [0.25, 0.3) is 5.69 Å². The first-order chi connectivity index (χ1) is 8.52. The zero-order valence-electron chi connectivity index (χ0n) is 9.60. The Hall–Kier alpha value is -1.21. The molecular formula is C11H13BrFN3O2. The number of nitrogens with zero attached hydrogens (tertiary/aromatic N) is 2. The number of benzene rings is 1. The fourth-order valence-corrected chi connectivity index (χ4v) is 2.50. The largest absolute Gasteiger partial charge is 0.366 e. The molecule has 1 aromatic carbocycles. The van der Waals surface area contributed by atoms with Crippen LogP contribution in [-0.2, 0) is 0 Å². The summed E-state index contributed by atoms with van der Waals surface area (Å²) in [5.74, 6) is -0.284. The summed E-state index contributed by atoms with van der Waals surface area (Å²) in [5.41, 5.74) is 5.84. The molecule has 1 fully saturated rings.